The Morgan fingerprint density at radius 1 is 1.07 bits per heavy atom. The molecule has 1 aromatic carbocycles. The van der Waals surface area contributed by atoms with Crippen LogP contribution in [0, 0.1) is 5.92 Å². The van der Waals surface area contributed by atoms with E-state index in [9.17, 15) is 14.4 Å². The Bertz CT molecular complexity index is 814. The minimum Gasteiger partial charge on any atom is -0.497 e. The van der Waals surface area contributed by atoms with Gasteiger partial charge in [-0.15, -0.1) is 0 Å². The van der Waals surface area contributed by atoms with Gasteiger partial charge in [-0.25, -0.2) is 4.79 Å². The van der Waals surface area contributed by atoms with Gasteiger partial charge in [0.05, 0.1) is 19.9 Å². The SMILES string of the molecule is COc1ccc(C(=O)N[C@H](C(=O)O[C@H](C)C(=O)NCc2ccco2)C(C)C)cc1. The molecule has 2 amide bonds. The number of amides is 2. The second-order valence-electron chi connectivity index (χ2n) is 6.80. The number of carbonyl (C=O) groups is 3. The summed E-state index contributed by atoms with van der Waals surface area (Å²) >= 11 is 0. The molecule has 0 aliphatic heterocycles. The van der Waals surface area contributed by atoms with Crippen molar-refractivity contribution in [2.45, 2.75) is 39.5 Å². The van der Waals surface area contributed by atoms with Crippen LogP contribution in [-0.4, -0.2) is 37.0 Å². The molecule has 1 heterocycles. The Labute approximate surface area is 169 Å². The molecule has 0 fully saturated rings. The third kappa shape index (κ3) is 6.38. The van der Waals surface area contributed by atoms with Crippen molar-refractivity contribution >= 4 is 17.8 Å². The number of hydrogen-bond donors (Lipinski definition) is 2. The van der Waals surface area contributed by atoms with Gasteiger partial charge in [-0.1, -0.05) is 13.8 Å². The quantitative estimate of drug-likeness (QED) is 0.623. The standard InChI is InChI=1S/C21H26N2O6/c1-13(2)18(23-20(25)15-7-9-16(27-4)10-8-15)21(26)29-14(3)19(24)22-12-17-6-5-11-28-17/h5-11,13-14,18H,12H2,1-4H3,(H,22,24)(H,23,25)/t14-,18+/m1/s1. The van der Waals surface area contributed by atoms with Crippen molar-refractivity contribution in [3.05, 3.63) is 54.0 Å². The number of methoxy groups -OCH3 is 1. The zero-order chi connectivity index (χ0) is 21.4. The largest absolute Gasteiger partial charge is 0.497 e. The summed E-state index contributed by atoms with van der Waals surface area (Å²) in [6.07, 6.45) is 0.487. The van der Waals surface area contributed by atoms with E-state index >= 15 is 0 Å². The molecule has 0 spiro atoms. The second kappa shape index (κ2) is 10.3. The minimum atomic E-state index is -1.02. The lowest BCUT2D eigenvalue weighted by atomic mass is 10.0. The Morgan fingerprint density at radius 3 is 2.31 bits per heavy atom. The maximum absolute atomic E-state index is 12.5. The van der Waals surface area contributed by atoms with E-state index in [1.165, 1.54) is 20.3 Å². The molecular weight excluding hydrogens is 376 g/mol. The van der Waals surface area contributed by atoms with Crippen LogP contribution in [0.2, 0.25) is 0 Å². The first-order chi connectivity index (χ1) is 13.8. The summed E-state index contributed by atoms with van der Waals surface area (Å²) in [6.45, 7) is 5.22. The number of furan rings is 1. The van der Waals surface area contributed by atoms with Crippen molar-refractivity contribution in [1.29, 1.82) is 0 Å². The zero-order valence-corrected chi connectivity index (χ0v) is 16.9. The van der Waals surface area contributed by atoms with Crippen LogP contribution in [0.4, 0.5) is 0 Å². The lowest BCUT2D eigenvalue weighted by Gasteiger charge is -2.23. The van der Waals surface area contributed by atoms with Crippen molar-refractivity contribution in [3.8, 4) is 5.75 Å². The molecule has 2 atom stereocenters. The number of esters is 1. The first kappa shape index (κ1) is 22.0. The van der Waals surface area contributed by atoms with Crippen LogP contribution < -0.4 is 15.4 Å². The van der Waals surface area contributed by atoms with Gasteiger partial charge in [-0.2, -0.15) is 0 Å². The Hall–Kier alpha value is -3.29. The van der Waals surface area contributed by atoms with Crippen molar-refractivity contribution in [3.63, 3.8) is 0 Å². The summed E-state index contributed by atoms with van der Waals surface area (Å²) in [5, 5.41) is 5.29. The van der Waals surface area contributed by atoms with Crippen LogP contribution in [0.15, 0.2) is 47.1 Å². The minimum absolute atomic E-state index is 0.190. The first-order valence-electron chi connectivity index (χ1n) is 9.27. The molecule has 0 aliphatic rings. The van der Waals surface area contributed by atoms with E-state index < -0.39 is 29.9 Å². The summed E-state index contributed by atoms with van der Waals surface area (Å²) in [5.41, 5.74) is 0.383. The Balaban J connectivity index is 1.93. The molecule has 0 radical (unpaired) electrons. The van der Waals surface area contributed by atoms with Gasteiger partial charge < -0.3 is 24.5 Å². The van der Waals surface area contributed by atoms with E-state index in [1.54, 1.807) is 50.2 Å². The van der Waals surface area contributed by atoms with Crippen LogP contribution >= 0.6 is 0 Å². The topological polar surface area (TPSA) is 107 Å². The predicted octanol–water partition coefficient (Wildman–Crippen LogP) is 2.29. The van der Waals surface area contributed by atoms with Gasteiger partial charge in [0.1, 0.15) is 17.6 Å². The van der Waals surface area contributed by atoms with Gasteiger partial charge in [0.25, 0.3) is 11.8 Å². The number of ether oxygens (including phenoxy) is 2. The van der Waals surface area contributed by atoms with Crippen LogP contribution in [-0.2, 0) is 20.9 Å². The highest BCUT2D eigenvalue weighted by Gasteiger charge is 2.29. The summed E-state index contributed by atoms with van der Waals surface area (Å²) in [6, 6.07) is 9.05. The van der Waals surface area contributed by atoms with E-state index in [0.29, 0.717) is 17.1 Å². The first-order valence-corrected chi connectivity index (χ1v) is 9.27. The van der Waals surface area contributed by atoms with Gasteiger partial charge in [-0.05, 0) is 49.2 Å². The molecule has 1 aromatic heterocycles. The fourth-order valence-electron chi connectivity index (χ4n) is 2.50. The van der Waals surface area contributed by atoms with Crippen LogP contribution in [0.3, 0.4) is 0 Å². The molecule has 2 aromatic rings. The van der Waals surface area contributed by atoms with Crippen LogP contribution in [0.5, 0.6) is 5.75 Å². The lowest BCUT2D eigenvalue weighted by Crippen LogP contribution is -2.47. The number of nitrogens with one attached hydrogen (secondary N) is 2. The van der Waals surface area contributed by atoms with Crippen molar-refractivity contribution in [1.82, 2.24) is 10.6 Å². The van der Waals surface area contributed by atoms with E-state index in [1.807, 2.05) is 0 Å². The summed E-state index contributed by atoms with van der Waals surface area (Å²) < 4.78 is 15.5. The molecule has 2 rings (SSSR count). The molecule has 0 bridgehead atoms. The second-order valence-corrected chi connectivity index (χ2v) is 6.80. The van der Waals surface area contributed by atoms with Crippen molar-refractivity contribution in [2.24, 2.45) is 5.92 Å². The molecule has 29 heavy (non-hydrogen) atoms. The van der Waals surface area contributed by atoms with Crippen molar-refractivity contribution < 1.29 is 28.3 Å². The lowest BCUT2D eigenvalue weighted by molar-refractivity contribution is -0.157. The smallest absolute Gasteiger partial charge is 0.329 e. The average Bonchev–Trinajstić information content (AvgIpc) is 3.23. The maximum atomic E-state index is 12.5. The number of carbonyl (C=O) groups excluding carboxylic acids is 3. The maximum Gasteiger partial charge on any atom is 0.329 e. The third-order valence-corrected chi connectivity index (χ3v) is 4.24. The predicted molar refractivity (Wildman–Crippen MR) is 105 cm³/mol. The fourth-order valence-corrected chi connectivity index (χ4v) is 2.50. The Kier molecular flexibility index (Phi) is 7.82. The monoisotopic (exact) mass is 402 g/mol. The van der Waals surface area contributed by atoms with E-state index in [4.69, 9.17) is 13.9 Å². The Morgan fingerprint density at radius 2 is 1.76 bits per heavy atom. The number of rotatable bonds is 9. The van der Waals surface area contributed by atoms with E-state index in [0.717, 1.165) is 0 Å². The van der Waals surface area contributed by atoms with E-state index in [-0.39, 0.29) is 12.5 Å². The third-order valence-electron chi connectivity index (χ3n) is 4.24. The van der Waals surface area contributed by atoms with Gasteiger partial charge in [0.15, 0.2) is 6.10 Å². The highest BCUT2D eigenvalue weighted by Crippen LogP contribution is 2.13. The van der Waals surface area contributed by atoms with E-state index in [2.05, 4.69) is 10.6 Å². The van der Waals surface area contributed by atoms with Crippen LogP contribution in [0.1, 0.15) is 36.9 Å². The number of hydrogen-bond acceptors (Lipinski definition) is 6. The van der Waals surface area contributed by atoms with Crippen LogP contribution in [0.25, 0.3) is 0 Å². The van der Waals surface area contributed by atoms with Gasteiger partial charge in [0.2, 0.25) is 0 Å². The molecule has 2 N–H and O–H groups in total. The summed E-state index contributed by atoms with van der Waals surface area (Å²) in [5.74, 6) is -0.581. The van der Waals surface area contributed by atoms with Crippen molar-refractivity contribution in [2.75, 3.05) is 7.11 Å². The molecule has 0 unspecified atom stereocenters. The highest BCUT2D eigenvalue weighted by molar-refractivity contribution is 5.97. The van der Waals surface area contributed by atoms with Gasteiger partial charge in [-0.3, -0.25) is 9.59 Å². The number of benzene rings is 1. The summed E-state index contributed by atoms with van der Waals surface area (Å²) in [7, 11) is 1.53. The molecule has 8 nitrogen and oxygen atoms in total. The molecule has 0 saturated carbocycles. The van der Waals surface area contributed by atoms with Gasteiger partial charge >= 0.3 is 5.97 Å². The average molecular weight is 402 g/mol. The fraction of sp³-hybridized carbons (Fsp3) is 0.381. The highest BCUT2D eigenvalue weighted by atomic mass is 16.5. The molecule has 156 valence electrons. The van der Waals surface area contributed by atoms with Gasteiger partial charge in [0, 0.05) is 5.56 Å². The normalized spacial score (nSPS) is 12.7. The molecular formula is C21H26N2O6. The molecule has 8 heteroatoms. The summed E-state index contributed by atoms with van der Waals surface area (Å²) in [4.78, 5) is 37.2. The molecule has 0 aliphatic carbocycles. The zero-order valence-electron chi connectivity index (χ0n) is 16.9. The molecule has 0 saturated heterocycles.